The molecule has 2 fully saturated rings. The Labute approximate surface area is 131 Å². The quantitative estimate of drug-likeness (QED) is 0.844. The van der Waals surface area contributed by atoms with Gasteiger partial charge in [-0.1, -0.05) is 49.9 Å². The molecular formula is C17H23ClN2O. The molecule has 21 heavy (non-hydrogen) atoms. The molecule has 3 atom stereocenters. The van der Waals surface area contributed by atoms with Crippen LogP contribution in [0.3, 0.4) is 0 Å². The number of carbonyl (C=O) groups is 1. The molecule has 1 amide bonds. The smallest absolute Gasteiger partial charge is 0.238 e. The topological polar surface area (TPSA) is 32.3 Å². The van der Waals surface area contributed by atoms with Gasteiger partial charge >= 0.3 is 0 Å². The Hall–Kier alpha value is -1.06. The zero-order chi connectivity index (χ0) is 14.8. The zero-order valence-electron chi connectivity index (χ0n) is 12.5. The Bertz CT molecular complexity index is 502. The van der Waals surface area contributed by atoms with Crippen molar-refractivity contribution in [1.82, 2.24) is 10.2 Å². The van der Waals surface area contributed by atoms with E-state index in [2.05, 4.69) is 17.1 Å². The van der Waals surface area contributed by atoms with Gasteiger partial charge in [-0.3, -0.25) is 10.1 Å². The fraction of sp³-hybridized carbons (Fsp3) is 0.588. The predicted octanol–water partition coefficient (Wildman–Crippen LogP) is 3.74. The molecule has 1 aromatic carbocycles. The van der Waals surface area contributed by atoms with Crippen LogP contribution < -0.4 is 5.32 Å². The van der Waals surface area contributed by atoms with Gasteiger partial charge in [0.05, 0.1) is 6.54 Å². The van der Waals surface area contributed by atoms with E-state index in [1.807, 2.05) is 24.3 Å². The molecule has 1 saturated heterocycles. The van der Waals surface area contributed by atoms with Crippen LogP contribution in [0.2, 0.25) is 5.02 Å². The van der Waals surface area contributed by atoms with E-state index in [0.29, 0.717) is 18.5 Å². The van der Waals surface area contributed by atoms with Gasteiger partial charge in [-0.25, -0.2) is 0 Å². The van der Waals surface area contributed by atoms with Crippen LogP contribution in [0.15, 0.2) is 24.3 Å². The van der Waals surface area contributed by atoms with Gasteiger partial charge in [0.2, 0.25) is 5.91 Å². The largest absolute Gasteiger partial charge is 0.319 e. The summed E-state index contributed by atoms with van der Waals surface area (Å²) in [6, 6.07) is 8.20. The standard InChI is InChI=1S/C17H23ClN2O/c1-12-5-3-2-4-6-15(12)20-16(21)11-19-17(20)13-7-9-14(18)10-8-13/h7-10,12,15,17,19H,2-6,11H2,1H3. The highest BCUT2D eigenvalue weighted by molar-refractivity contribution is 6.30. The van der Waals surface area contributed by atoms with Crippen molar-refractivity contribution < 1.29 is 4.79 Å². The second-order valence-corrected chi connectivity index (χ2v) is 6.76. The molecule has 1 saturated carbocycles. The third kappa shape index (κ3) is 3.09. The van der Waals surface area contributed by atoms with Crippen molar-refractivity contribution >= 4 is 17.5 Å². The molecule has 3 unspecified atom stereocenters. The average Bonchev–Trinajstić information content (AvgIpc) is 2.72. The first-order chi connectivity index (χ1) is 10.2. The van der Waals surface area contributed by atoms with Crippen molar-refractivity contribution in [3.63, 3.8) is 0 Å². The van der Waals surface area contributed by atoms with Crippen molar-refractivity contribution in [2.45, 2.75) is 51.2 Å². The third-order valence-corrected chi connectivity index (χ3v) is 5.12. The molecule has 4 heteroatoms. The van der Waals surface area contributed by atoms with Crippen molar-refractivity contribution in [3.05, 3.63) is 34.9 Å². The molecule has 0 bridgehead atoms. The first kappa shape index (κ1) is 14.9. The molecule has 3 rings (SSSR count). The molecule has 1 aliphatic heterocycles. The van der Waals surface area contributed by atoms with Crippen LogP contribution >= 0.6 is 11.6 Å². The van der Waals surface area contributed by atoms with Crippen molar-refractivity contribution in [3.8, 4) is 0 Å². The summed E-state index contributed by atoms with van der Waals surface area (Å²) in [5, 5.41) is 4.10. The maximum atomic E-state index is 12.4. The van der Waals surface area contributed by atoms with Crippen LogP contribution in [0.1, 0.15) is 50.8 Å². The molecule has 0 spiro atoms. The number of carbonyl (C=O) groups excluding carboxylic acids is 1. The summed E-state index contributed by atoms with van der Waals surface area (Å²) < 4.78 is 0. The number of rotatable bonds is 2. The van der Waals surface area contributed by atoms with Gasteiger partial charge in [0.15, 0.2) is 0 Å². The van der Waals surface area contributed by atoms with Crippen LogP contribution in [0.4, 0.5) is 0 Å². The van der Waals surface area contributed by atoms with Crippen molar-refractivity contribution in [2.75, 3.05) is 6.54 Å². The van der Waals surface area contributed by atoms with E-state index in [-0.39, 0.29) is 12.1 Å². The molecule has 0 radical (unpaired) electrons. The number of hydrogen-bond donors (Lipinski definition) is 1. The lowest BCUT2D eigenvalue weighted by molar-refractivity contribution is -0.131. The Morgan fingerprint density at radius 2 is 1.86 bits per heavy atom. The predicted molar refractivity (Wildman–Crippen MR) is 85.1 cm³/mol. The van der Waals surface area contributed by atoms with Gasteiger partial charge < -0.3 is 4.90 Å². The number of amides is 1. The average molecular weight is 307 g/mol. The maximum Gasteiger partial charge on any atom is 0.238 e. The second kappa shape index (κ2) is 6.37. The highest BCUT2D eigenvalue weighted by Crippen LogP contribution is 2.34. The normalized spacial score (nSPS) is 30.5. The van der Waals surface area contributed by atoms with Crippen molar-refractivity contribution in [2.24, 2.45) is 5.92 Å². The molecule has 114 valence electrons. The molecule has 1 aromatic rings. The lowest BCUT2D eigenvalue weighted by atomic mass is 9.94. The van der Waals surface area contributed by atoms with Gasteiger partial charge in [-0.2, -0.15) is 0 Å². The SMILES string of the molecule is CC1CCCCCC1N1C(=O)CNC1c1ccc(Cl)cc1. The Morgan fingerprint density at radius 1 is 1.14 bits per heavy atom. The van der Waals surface area contributed by atoms with Gasteiger partial charge in [0, 0.05) is 11.1 Å². The fourth-order valence-corrected chi connectivity index (χ4v) is 3.83. The van der Waals surface area contributed by atoms with Crippen LogP contribution in [0, 0.1) is 5.92 Å². The molecule has 2 aliphatic rings. The minimum atomic E-state index is 0.000293. The fourth-order valence-electron chi connectivity index (χ4n) is 3.70. The molecule has 1 heterocycles. The van der Waals surface area contributed by atoms with Gasteiger partial charge in [-0.05, 0) is 36.5 Å². The molecular weight excluding hydrogens is 284 g/mol. The number of nitrogens with one attached hydrogen (secondary N) is 1. The summed E-state index contributed by atoms with van der Waals surface area (Å²) in [6.07, 6.45) is 6.16. The lowest BCUT2D eigenvalue weighted by Crippen LogP contribution is -2.43. The molecule has 3 nitrogen and oxygen atoms in total. The van der Waals surface area contributed by atoms with E-state index in [1.165, 1.54) is 25.7 Å². The Kier molecular flexibility index (Phi) is 4.51. The highest BCUT2D eigenvalue weighted by Gasteiger charge is 2.39. The summed E-state index contributed by atoms with van der Waals surface area (Å²) >= 11 is 5.98. The summed E-state index contributed by atoms with van der Waals surface area (Å²) in [7, 11) is 0. The lowest BCUT2D eigenvalue weighted by Gasteiger charge is -2.36. The van der Waals surface area contributed by atoms with Crippen LogP contribution in [0.25, 0.3) is 0 Å². The maximum absolute atomic E-state index is 12.4. The van der Waals surface area contributed by atoms with Gasteiger partial charge in [-0.15, -0.1) is 0 Å². The van der Waals surface area contributed by atoms with Crippen molar-refractivity contribution in [1.29, 1.82) is 0 Å². The van der Waals surface area contributed by atoms with Gasteiger partial charge in [0.1, 0.15) is 6.17 Å². The van der Waals surface area contributed by atoms with E-state index in [1.54, 1.807) is 0 Å². The number of halogens is 1. The second-order valence-electron chi connectivity index (χ2n) is 6.32. The number of hydrogen-bond acceptors (Lipinski definition) is 2. The van der Waals surface area contributed by atoms with E-state index in [4.69, 9.17) is 11.6 Å². The highest BCUT2D eigenvalue weighted by atomic mass is 35.5. The molecule has 0 aromatic heterocycles. The number of benzene rings is 1. The van der Waals surface area contributed by atoms with Crippen LogP contribution in [-0.2, 0) is 4.79 Å². The summed E-state index contributed by atoms with van der Waals surface area (Å²) in [5.74, 6) is 0.805. The third-order valence-electron chi connectivity index (χ3n) is 4.87. The summed E-state index contributed by atoms with van der Waals surface area (Å²) in [4.78, 5) is 14.5. The van der Waals surface area contributed by atoms with E-state index in [9.17, 15) is 4.79 Å². The Balaban J connectivity index is 1.86. The van der Waals surface area contributed by atoms with Crippen LogP contribution in [-0.4, -0.2) is 23.4 Å². The molecule has 1 aliphatic carbocycles. The minimum absolute atomic E-state index is 0.000293. The van der Waals surface area contributed by atoms with E-state index >= 15 is 0 Å². The van der Waals surface area contributed by atoms with Crippen LogP contribution in [0.5, 0.6) is 0 Å². The first-order valence-corrected chi connectivity index (χ1v) is 8.34. The van der Waals surface area contributed by atoms with E-state index in [0.717, 1.165) is 17.0 Å². The number of nitrogens with zero attached hydrogens (tertiary/aromatic N) is 1. The summed E-state index contributed by atoms with van der Waals surface area (Å²) in [6.45, 7) is 2.73. The molecule has 1 N–H and O–H groups in total. The first-order valence-electron chi connectivity index (χ1n) is 7.97. The Morgan fingerprint density at radius 3 is 2.62 bits per heavy atom. The minimum Gasteiger partial charge on any atom is -0.319 e. The summed E-state index contributed by atoms with van der Waals surface area (Å²) in [5.41, 5.74) is 1.13. The van der Waals surface area contributed by atoms with E-state index < -0.39 is 0 Å². The van der Waals surface area contributed by atoms with Gasteiger partial charge in [0.25, 0.3) is 0 Å². The monoisotopic (exact) mass is 306 g/mol. The zero-order valence-corrected chi connectivity index (χ0v) is 13.3.